The molecule has 6 aromatic rings. The Labute approximate surface area is 328 Å². The fourth-order valence-electron chi connectivity index (χ4n) is 5.08. The smallest absolute Gasteiger partial charge is 0.460 e. The predicted molar refractivity (Wildman–Crippen MR) is 222 cm³/mol. The Morgan fingerprint density at radius 2 is 0.768 bits per heavy atom. The molecule has 16 heteroatoms. The first-order chi connectivity index (χ1) is 27.5. The predicted octanol–water partition coefficient (Wildman–Crippen LogP) is 14.2. The van der Waals surface area contributed by atoms with Gasteiger partial charge in [-0.3, -0.25) is 0 Å². The number of rotatable bonds is 16. The summed E-state index contributed by atoms with van der Waals surface area (Å²) in [6.07, 6.45) is 0. The van der Waals surface area contributed by atoms with E-state index in [0.29, 0.717) is 53.5 Å². The van der Waals surface area contributed by atoms with Crippen molar-refractivity contribution >= 4 is 31.5 Å². The number of para-hydroxylation sites is 6. The molecule has 6 aromatic carbocycles. The molecule has 1 aliphatic rings. The molecule has 0 aliphatic carbocycles. The molecule has 12 nitrogen and oxygen atoms in total. The van der Waals surface area contributed by atoms with Crippen molar-refractivity contribution in [1.82, 2.24) is 0 Å². The molecule has 0 bridgehead atoms. The maximum Gasteiger partial charge on any atom is 0.460 e. The number of hydrogen-bond donors (Lipinski definition) is 0. The van der Waals surface area contributed by atoms with E-state index in [1.54, 1.807) is 78.9 Å². The first kappa shape index (κ1) is 38.8. The summed E-state index contributed by atoms with van der Waals surface area (Å²) in [4.78, 5) is 0. The summed E-state index contributed by atoms with van der Waals surface area (Å²) in [5, 5.41) is 0. The third kappa shape index (κ3) is 10.0. The Balaban J connectivity index is 1.55. The number of hydrogen-bond acceptors (Lipinski definition) is 12. The normalized spacial score (nSPS) is 16.8. The highest BCUT2D eigenvalue weighted by atomic mass is 31.3. The quantitative estimate of drug-likeness (QED) is 0.0884. The molecule has 0 fully saturated rings. The Hall–Kier alpha value is -5.49. The van der Waals surface area contributed by atoms with Crippen molar-refractivity contribution in [2.45, 2.75) is 13.8 Å². The van der Waals surface area contributed by atoms with Crippen LogP contribution in [-0.4, -0.2) is 13.2 Å². The van der Waals surface area contributed by atoms with Gasteiger partial charge in [0.15, 0.2) is 20.0 Å². The minimum Gasteiger partial charge on any atom is -0.490 e. The van der Waals surface area contributed by atoms with Crippen LogP contribution in [0.1, 0.15) is 13.8 Å². The van der Waals surface area contributed by atoms with Crippen LogP contribution >= 0.6 is 31.5 Å². The topological polar surface area (TPSA) is 123 Å². The average molecular weight is 827 g/mol. The van der Waals surface area contributed by atoms with Gasteiger partial charge in [0.25, 0.3) is 0 Å². The maximum atomic E-state index is 6.91. The zero-order chi connectivity index (χ0) is 38.5. The average Bonchev–Trinajstić information content (AvgIpc) is 3.20. The molecule has 0 radical (unpaired) electrons. The van der Waals surface area contributed by atoms with Gasteiger partial charge in [0, 0.05) is 0 Å². The fourth-order valence-corrected chi connectivity index (χ4v) is 14.3. The van der Waals surface area contributed by atoms with Crippen LogP contribution in [0.5, 0.6) is 46.0 Å². The van der Waals surface area contributed by atoms with Gasteiger partial charge in [-0.25, -0.2) is 0 Å². The van der Waals surface area contributed by atoms with Crippen molar-refractivity contribution in [2.75, 3.05) is 13.2 Å². The molecule has 286 valence electrons. The van der Waals surface area contributed by atoms with Crippen molar-refractivity contribution in [1.29, 1.82) is 0 Å². The molecule has 1 atom stereocenters. The molecule has 1 aliphatic heterocycles. The van der Waals surface area contributed by atoms with Gasteiger partial charge in [0.1, 0.15) is 28.7 Å². The van der Waals surface area contributed by atoms with Crippen LogP contribution in [0.4, 0.5) is 0 Å². The SMILES string of the molecule is CCOc1cccc(OP2(Oc3ccccc3)=NP=NP(Oc3ccccc3)(Oc3ccccc3)=NP(Oc3ccccc3)(Oc3ccccc3)=N2)c1OCC. The minimum atomic E-state index is -4.17. The lowest BCUT2D eigenvalue weighted by Gasteiger charge is -2.29. The Bertz CT molecular complexity index is 2300. The first-order valence-corrected chi connectivity index (χ1v) is 23.0. The maximum absolute atomic E-state index is 6.91. The van der Waals surface area contributed by atoms with Gasteiger partial charge in [0.05, 0.1) is 13.2 Å². The molecule has 7 rings (SSSR count). The molecule has 0 spiro atoms. The highest BCUT2D eigenvalue weighted by Gasteiger charge is 2.43. The van der Waals surface area contributed by atoms with Gasteiger partial charge in [-0.2, -0.15) is 0 Å². The van der Waals surface area contributed by atoms with Crippen LogP contribution in [0.15, 0.2) is 188 Å². The minimum absolute atomic E-state index is 0.0829. The van der Waals surface area contributed by atoms with E-state index in [1.807, 2.05) is 105 Å². The third-order valence-corrected chi connectivity index (χ3v) is 16.1. The van der Waals surface area contributed by atoms with Gasteiger partial charge < -0.3 is 36.6 Å². The summed E-state index contributed by atoms with van der Waals surface area (Å²) in [6, 6.07) is 51.0. The van der Waals surface area contributed by atoms with Gasteiger partial charge in [-0.1, -0.05) is 106 Å². The molecule has 56 heavy (non-hydrogen) atoms. The highest BCUT2D eigenvalue weighted by Crippen LogP contribution is 2.74. The van der Waals surface area contributed by atoms with E-state index in [2.05, 4.69) is 0 Å². The summed E-state index contributed by atoms with van der Waals surface area (Å²) in [5.74, 6) is 3.20. The summed E-state index contributed by atoms with van der Waals surface area (Å²) in [7, 11) is -11.9. The summed E-state index contributed by atoms with van der Waals surface area (Å²) < 4.78 is 73.6. The second-order valence-corrected chi connectivity index (χ2v) is 18.6. The lowest BCUT2D eigenvalue weighted by atomic mass is 10.3. The van der Waals surface area contributed by atoms with Crippen LogP contribution in [-0.2, 0) is 0 Å². The number of nitrogens with zero attached hydrogens (tertiary/aromatic N) is 4. The van der Waals surface area contributed by atoms with E-state index in [9.17, 15) is 0 Å². The first-order valence-electron chi connectivity index (χ1n) is 17.6. The van der Waals surface area contributed by atoms with E-state index < -0.39 is 23.0 Å². The molecule has 0 aromatic heterocycles. The molecule has 0 saturated heterocycles. The summed E-state index contributed by atoms with van der Waals surface area (Å²) in [6.45, 7) is 4.49. The van der Waals surface area contributed by atoms with Crippen LogP contribution < -0.4 is 36.6 Å². The Morgan fingerprint density at radius 1 is 0.393 bits per heavy atom. The van der Waals surface area contributed by atoms with Crippen LogP contribution in [0.2, 0.25) is 0 Å². The zero-order valence-corrected chi connectivity index (χ0v) is 34.0. The van der Waals surface area contributed by atoms with Gasteiger partial charge >= 0.3 is 23.0 Å². The zero-order valence-electron chi connectivity index (χ0n) is 30.4. The highest BCUT2D eigenvalue weighted by molar-refractivity contribution is 7.75. The fraction of sp³-hybridized carbons (Fsp3) is 0.100. The van der Waals surface area contributed by atoms with E-state index in [-0.39, 0.29) is 14.3 Å². The largest absolute Gasteiger partial charge is 0.490 e. The molecule has 0 amide bonds. The van der Waals surface area contributed by atoms with Crippen molar-refractivity contribution < 1.29 is 36.6 Å². The number of ether oxygens (including phenoxy) is 2. The molecular weight excluding hydrogens is 788 g/mol. The van der Waals surface area contributed by atoms with Gasteiger partial charge in [-0.15, -0.1) is 9.03 Å². The van der Waals surface area contributed by atoms with Crippen molar-refractivity contribution in [2.24, 2.45) is 18.1 Å². The molecule has 1 unspecified atom stereocenters. The summed E-state index contributed by atoms with van der Waals surface area (Å²) >= 11 is 0. The van der Waals surface area contributed by atoms with Crippen molar-refractivity contribution in [3.63, 3.8) is 0 Å². The van der Waals surface area contributed by atoms with E-state index in [1.165, 1.54) is 0 Å². The summed E-state index contributed by atoms with van der Waals surface area (Å²) in [5.41, 5.74) is 0. The van der Waals surface area contributed by atoms with Crippen LogP contribution in [0.25, 0.3) is 0 Å². The van der Waals surface area contributed by atoms with Crippen LogP contribution in [0, 0.1) is 0 Å². The second-order valence-electron chi connectivity index (χ2n) is 11.5. The standard InChI is InChI=1S/C40H38N4O8P4/c1-3-45-38-31-20-32-39(40(38)46-4-2)52-55(49-35-25-14-7-15-26-35)42-53-41-54(47-33-21-10-5-11-22-33,48-34-23-12-6-13-24-34)43-56(44-55,50-36-27-16-8-17-28-36)51-37-29-18-9-19-30-37/h5-32H,3-4H2,1-2H3. The van der Waals surface area contributed by atoms with E-state index >= 15 is 0 Å². The van der Waals surface area contributed by atoms with E-state index in [0.717, 1.165) is 0 Å². The molecule has 0 N–H and O–H groups in total. The van der Waals surface area contributed by atoms with Gasteiger partial charge in [-0.05, 0) is 86.6 Å². The lowest BCUT2D eigenvalue weighted by molar-refractivity contribution is 0.280. The van der Waals surface area contributed by atoms with Gasteiger partial charge in [0.2, 0.25) is 5.75 Å². The van der Waals surface area contributed by atoms with Crippen LogP contribution in [0.3, 0.4) is 0 Å². The third-order valence-electron chi connectivity index (χ3n) is 7.34. The lowest BCUT2D eigenvalue weighted by Crippen LogP contribution is -2.08. The monoisotopic (exact) mass is 826 g/mol. The molecular formula is C40H38N4O8P4. The Kier molecular flexibility index (Phi) is 12.8. The van der Waals surface area contributed by atoms with Crippen molar-refractivity contribution in [3.8, 4) is 46.0 Å². The second kappa shape index (κ2) is 18.4. The van der Waals surface area contributed by atoms with Crippen molar-refractivity contribution in [3.05, 3.63) is 170 Å². The number of benzene rings is 6. The molecule has 0 saturated carbocycles. The molecule has 1 heterocycles. The Morgan fingerprint density at radius 3 is 1.20 bits per heavy atom. The van der Waals surface area contributed by atoms with E-state index in [4.69, 9.17) is 54.7 Å².